The Morgan fingerprint density at radius 2 is 1.62 bits per heavy atom. The van der Waals surface area contributed by atoms with Gasteiger partial charge in [0.05, 0.1) is 28.8 Å². The number of hydrogen-bond donors (Lipinski definition) is 3. The first-order valence-electron chi connectivity index (χ1n) is 12.7. The third kappa shape index (κ3) is 4.27. The molecule has 4 aromatic heterocycles. The zero-order chi connectivity index (χ0) is 27.1. The van der Waals surface area contributed by atoms with E-state index in [0.29, 0.717) is 22.5 Å². The fourth-order valence-corrected chi connectivity index (χ4v) is 4.91. The van der Waals surface area contributed by atoms with Crippen molar-refractivity contribution in [3.63, 3.8) is 0 Å². The number of rotatable bonds is 5. The van der Waals surface area contributed by atoms with Gasteiger partial charge in [-0.2, -0.15) is 5.10 Å². The monoisotopic (exact) mass is 524 g/mol. The number of pyridine rings is 2. The average Bonchev–Trinajstić information content (AvgIpc) is 3.61. The summed E-state index contributed by atoms with van der Waals surface area (Å²) in [5.41, 5.74) is 7.68. The molecule has 0 spiro atoms. The Balaban J connectivity index is 1.25. The summed E-state index contributed by atoms with van der Waals surface area (Å²) in [6.07, 6.45) is 5.10. The molecule has 40 heavy (non-hydrogen) atoms. The van der Waals surface area contributed by atoms with Crippen LogP contribution in [-0.2, 0) is 0 Å². The van der Waals surface area contributed by atoms with Crippen molar-refractivity contribution < 1.29 is 9.18 Å². The number of aromatic nitrogens is 5. The highest BCUT2D eigenvalue weighted by Crippen LogP contribution is 2.34. The highest BCUT2D eigenvalue weighted by atomic mass is 19.1. The largest absolute Gasteiger partial charge is 0.353 e. The quantitative estimate of drug-likeness (QED) is 0.221. The van der Waals surface area contributed by atoms with E-state index in [1.54, 1.807) is 36.8 Å². The van der Waals surface area contributed by atoms with Crippen LogP contribution in [0.5, 0.6) is 0 Å². The van der Waals surface area contributed by atoms with Gasteiger partial charge in [0, 0.05) is 45.4 Å². The summed E-state index contributed by atoms with van der Waals surface area (Å²) < 4.78 is 13.9. The molecule has 0 saturated heterocycles. The van der Waals surface area contributed by atoms with Crippen molar-refractivity contribution in [2.75, 3.05) is 5.32 Å². The first-order valence-corrected chi connectivity index (χ1v) is 12.7. The normalized spacial score (nSPS) is 11.2. The minimum atomic E-state index is -0.309. The van der Waals surface area contributed by atoms with Crippen LogP contribution in [0.4, 0.5) is 10.1 Å². The van der Waals surface area contributed by atoms with Crippen LogP contribution < -0.4 is 5.32 Å². The first-order chi connectivity index (χ1) is 19.6. The van der Waals surface area contributed by atoms with Crippen LogP contribution in [0.3, 0.4) is 0 Å². The summed E-state index contributed by atoms with van der Waals surface area (Å²) in [5, 5.41) is 12.4. The Morgan fingerprint density at radius 3 is 2.50 bits per heavy atom. The molecule has 0 radical (unpaired) electrons. The third-order valence-corrected chi connectivity index (χ3v) is 6.83. The lowest BCUT2D eigenvalue weighted by atomic mass is 10.0. The number of nitrogens with zero attached hydrogens (tertiary/aromatic N) is 3. The third-order valence-electron chi connectivity index (χ3n) is 6.83. The Bertz CT molecular complexity index is 2030. The molecule has 0 atom stereocenters. The summed E-state index contributed by atoms with van der Waals surface area (Å²) >= 11 is 0. The maximum absolute atomic E-state index is 13.9. The predicted octanol–water partition coefficient (Wildman–Crippen LogP) is 7.23. The lowest BCUT2D eigenvalue weighted by Crippen LogP contribution is -2.11. The van der Waals surface area contributed by atoms with Gasteiger partial charge in [0.1, 0.15) is 11.5 Å². The molecular weight excluding hydrogens is 503 g/mol. The van der Waals surface area contributed by atoms with Crippen LogP contribution in [0.15, 0.2) is 110 Å². The van der Waals surface area contributed by atoms with Crippen molar-refractivity contribution >= 4 is 33.4 Å². The topological polar surface area (TPSA) is 99.3 Å². The number of fused-ring (bicyclic) bond motifs is 2. The van der Waals surface area contributed by atoms with Gasteiger partial charge in [0.25, 0.3) is 5.91 Å². The zero-order valence-corrected chi connectivity index (χ0v) is 21.0. The first kappa shape index (κ1) is 23.5. The number of anilines is 1. The molecule has 3 aromatic carbocycles. The van der Waals surface area contributed by atoms with E-state index < -0.39 is 0 Å². The van der Waals surface area contributed by atoms with Crippen molar-refractivity contribution in [2.45, 2.75) is 0 Å². The van der Waals surface area contributed by atoms with Crippen LogP contribution >= 0.6 is 0 Å². The average molecular weight is 525 g/mol. The summed E-state index contributed by atoms with van der Waals surface area (Å²) in [5.74, 6) is -0.505. The maximum Gasteiger partial charge on any atom is 0.255 e. The number of benzene rings is 3. The van der Waals surface area contributed by atoms with Crippen LogP contribution in [-0.4, -0.2) is 31.1 Å². The predicted molar refractivity (Wildman–Crippen MR) is 154 cm³/mol. The van der Waals surface area contributed by atoms with Crippen molar-refractivity contribution in [3.8, 4) is 33.8 Å². The molecule has 8 heteroatoms. The van der Waals surface area contributed by atoms with E-state index in [2.05, 4.69) is 30.5 Å². The highest BCUT2D eigenvalue weighted by molar-refractivity contribution is 6.04. The number of amides is 1. The van der Waals surface area contributed by atoms with E-state index in [1.165, 1.54) is 12.1 Å². The van der Waals surface area contributed by atoms with Crippen molar-refractivity contribution in [2.24, 2.45) is 0 Å². The maximum atomic E-state index is 13.9. The van der Waals surface area contributed by atoms with Gasteiger partial charge in [-0.1, -0.05) is 36.4 Å². The molecule has 7 nitrogen and oxygen atoms in total. The molecule has 192 valence electrons. The van der Waals surface area contributed by atoms with Gasteiger partial charge in [-0.25, -0.2) is 4.39 Å². The van der Waals surface area contributed by atoms with Crippen molar-refractivity contribution in [1.29, 1.82) is 0 Å². The second-order valence-corrected chi connectivity index (χ2v) is 9.43. The molecule has 0 bridgehead atoms. The summed E-state index contributed by atoms with van der Waals surface area (Å²) in [7, 11) is 0. The second-order valence-electron chi connectivity index (χ2n) is 9.43. The molecule has 0 saturated carbocycles. The van der Waals surface area contributed by atoms with Crippen molar-refractivity contribution in [3.05, 3.63) is 121 Å². The smallest absolute Gasteiger partial charge is 0.255 e. The van der Waals surface area contributed by atoms with Gasteiger partial charge < -0.3 is 10.3 Å². The van der Waals surface area contributed by atoms with Crippen LogP contribution in [0.25, 0.3) is 55.6 Å². The lowest BCUT2D eigenvalue weighted by molar-refractivity contribution is 0.102. The van der Waals surface area contributed by atoms with E-state index in [9.17, 15) is 9.18 Å². The van der Waals surface area contributed by atoms with Crippen LogP contribution in [0.1, 0.15) is 10.4 Å². The Kier molecular flexibility index (Phi) is 5.63. The van der Waals surface area contributed by atoms with Crippen LogP contribution in [0, 0.1) is 5.82 Å². The number of halogens is 1. The molecule has 7 aromatic rings. The molecule has 4 heterocycles. The molecule has 0 unspecified atom stereocenters. The van der Waals surface area contributed by atoms with Gasteiger partial charge >= 0.3 is 0 Å². The van der Waals surface area contributed by atoms with E-state index in [4.69, 9.17) is 0 Å². The molecule has 7 rings (SSSR count). The van der Waals surface area contributed by atoms with E-state index >= 15 is 0 Å². The fourth-order valence-electron chi connectivity index (χ4n) is 4.91. The minimum Gasteiger partial charge on any atom is -0.353 e. The molecule has 3 N–H and O–H groups in total. The Morgan fingerprint density at radius 1 is 0.750 bits per heavy atom. The SMILES string of the molecule is O=C(Nc1cncc(-c2ccc3[nH]nc(-c4cc5c(-c6cccc(F)c6)nccc5[nH]4)c3c2)c1)c1ccccc1. The van der Waals surface area contributed by atoms with Gasteiger partial charge in [-0.15, -0.1) is 0 Å². The number of carbonyl (C=O) groups excluding carboxylic acids is 1. The van der Waals surface area contributed by atoms with E-state index in [0.717, 1.165) is 44.3 Å². The Labute approximate surface area is 227 Å². The van der Waals surface area contributed by atoms with Crippen LogP contribution in [0.2, 0.25) is 0 Å². The number of aromatic amines is 2. The van der Waals surface area contributed by atoms with E-state index in [1.807, 2.05) is 60.7 Å². The number of H-pyrrole nitrogens is 2. The van der Waals surface area contributed by atoms with Gasteiger partial charge in [-0.3, -0.25) is 19.9 Å². The number of nitrogens with one attached hydrogen (secondary N) is 3. The summed E-state index contributed by atoms with van der Waals surface area (Å²) in [4.78, 5) is 25.0. The highest BCUT2D eigenvalue weighted by Gasteiger charge is 2.15. The molecule has 0 aliphatic rings. The van der Waals surface area contributed by atoms with Gasteiger partial charge in [-0.05, 0) is 60.2 Å². The number of carbonyl (C=O) groups is 1. The lowest BCUT2D eigenvalue weighted by Gasteiger charge is -2.08. The second kappa shape index (κ2) is 9.59. The van der Waals surface area contributed by atoms with E-state index in [-0.39, 0.29) is 11.7 Å². The van der Waals surface area contributed by atoms with Crippen molar-refractivity contribution in [1.82, 2.24) is 25.1 Å². The summed E-state index contributed by atoms with van der Waals surface area (Å²) in [6.45, 7) is 0. The van der Waals surface area contributed by atoms with Gasteiger partial charge in [0.2, 0.25) is 0 Å². The minimum absolute atomic E-state index is 0.196. The molecular formula is C32H21FN6O. The Hall–Kier alpha value is -5.63. The summed E-state index contributed by atoms with van der Waals surface area (Å²) in [6, 6.07) is 27.3. The van der Waals surface area contributed by atoms with Gasteiger partial charge in [0.15, 0.2) is 0 Å². The molecule has 0 fully saturated rings. The molecule has 0 aliphatic heterocycles. The fraction of sp³-hybridized carbons (Fsp3) is 0. The molecule has 0 aliphatic carbocycles. The molecule has 1 amide bonds. The zero-order valence-electron chi connectivity index (χ0n) is 21.0. The number of hydrogen-bond acceptors (Lipinski definition) is 4. The standard InChI is InChI=1S/C32H21FN6O/c33-23-8-4-7-21(13-23)30-26-16-29(37-27(26)11-12-35-30)31-25-15-20(9-10-28(25)38-39-31)22-14-24(18-34-17-22)36-32(40)19-5-2-1-3-6-19/h1-18,37H,(H,36,40)(H,38,39).